The molecule has 1 aromatic carbocycles. The van der Waals surface area contributed by atoms with Gasteiger partial charge in [0.05, 0.1) is 7.11 Å². The number of halogens is 3. The Bertz CT molecular complexity index is 748. The predicted molar refractivity (Wildman–Crippen MR) is 101 cm³/mol. The fourth-order valence-electron chi connectivity index (χ4n) is 3.45. The lowest BCUT2D eigenvalue weighted by Gasteiger charge is -2.46. The second-order valence-electron chi connectivity index (χ2n) is 6.97. The summed E-state index contributed by atoms with van der Waals surface area (Å²) >= 11 is 1.00. The second kappa shape index (κ2) is 8.31. The number of nitrogens with zero attached hydrogens (tertiary/aromatic N) is 1. The van der Waals surface area contributed by atoms with Crippen molar-refractivity contribution in [3.05, 3.63) is 29.8 Å². The second-order valence-corrected chi connectivity index (χ2v) is 8.06. The minimum atomic E-state index is -5.09. The molecule has 2 aliphatic heterocycles. The third-order valence-electron chi connectivity index (χ3n) is 5.19. The van der Waals surface area contributed by atoms with Crippen LogP contribution in [0, 0.1) is 0 Å². The van der Waals surface area contributed by atoms with Crippen LogP contribution in [0.25, 0.3) is 0 Å². The summed E-state index contributed by atoms with van der Waals surface area (Å²) in [6.07, 6.45) is -11.6. The Hall–Kier alpha value is -1.53. The van der Waals surface area contributed by atoms with Gasteiger partial charge in [0.1, 0.15) is 35.5 Å². The Labute approximate surface area is 169 Å². The molecule has 1 aromatic rings. The molecule has 0 bridgehead atoms. The number of hydrogen-bond acceptors (Lipinski definition) is 8. The van der Waals surface area contributed by atoms with Gasteiger partial charge in [0, 0.05) is 7.05 Å². The number of aliphatic hydroxyl groups is 3. The van der Waals surface area contributed by atoms with E-state index in [2.05, 4.69) is 10.3 Å². The summed E-state index contributed by atoms with van der Waals surface area (Å²) in [5, 5.41) is 34.5. The number of amidine groups is 1. The van der Waals surface area contributed by atoms with E-state index >= 15 is 0 Å². The number of ether oxygens (including phenoxy) is 2. The lowest BCUT2D eigenvalue weighted by Crippen LogP contribution is -2.67. The van der Waals surface area contributed by atoms with Crippen LogP contribution in [0.5, 0.6) is 5.75 Å². The topological polar surface area (TPSA) is 104 Å². The van der Waals surface area contributed by atoms with E-state index in [0.29, 0.717) is 16.5 Å². The molecule has 162 valence electrons. The maximum Gasteiger partial charge on any atom is 0.419 e. The summed E-state index contributed by atoms with van der Waals surface area (Å²) in [5.74, 6) is 0.554. The molecule has 0 radical (unpaired) electrons. The normalized spacial score (nSPS) is 31.6. The third kappa shape index (κ3) is 4.19. The molecule has 0 spiro atoms. The molecule has 0 aliphatic carbocycles. The van der Waals surface area contributed by atoms with E-state index in [-0.39, 0.29) is 6.42 Å². The van der Waals surface area contributed by atoms with Crippen molar-refractivity contribution in [2.75, 3.05) is 14.2 Å². The SMILES string of the molecule is CNC1=NC2C(OC([C@@](O)(CCc3ccc(OC)cc3)C(F)(F)F)C(O)C2O)S1. The van der Waals surface area contributed by atoms with Gasteiger partial charge in [0.15, 0.2) is 10.8 Å². The van der Waals surface area contributed by atoms with Gasteiger partial charge in [0.25, 0.3) is 0 Å². The van der Waals surface area contributed by atoms with Gasteiger partial charge < -0.3 is 30.1 Å². The lowest BCUT2D eigenvalue weighted by atomic mass is 9.81. The van der Waals surface area contributed by atoms with Gasteiger partial charge in [-0.15, -0.1) is 0 Å². The first-order chi connectivity index (χ1) is 13.6. The summed E-state index contributed by atoms with van der Waals surface area (Å²) < 4.78 is 52.2. The molecule has 0 aromatic heterocycles. The van der Waals surface area contributed by atoms with Crippen molar-refractivity contribution in [1.29, 1.82) is 0 Å². The number of fused-ring (bicyclic) bond motifs is 1. The van der Waals surface area contributed by atoms with Gasteiger partial charge in [-0.05, 0) is 30.5 Å². The molecule has 4 N–H and O–H groups in total. The number of benzene rings is 1. The van der Waals surface area contributed by atoms with Crippen molar-refractivity contribution in [1.82, 2.24) is 5.32 Å². The molecule has 2 aliphatic rings. The molecule has 1 fully saturated rings. The first-order valence-electron chi connectivity index (χ1n) is 8.96. The maximum absolute atomic E-state index is 13.9. The summed E-state index contributed by atoms with van der Waals surface area (Å²) in [4.78, 5) is 4.11. The zero-order valence-corrected chi connectivity index (χ0v) is 16.6. The van der Waals surface area contributed by atoms with Crippen LogP contribution in [0.2, 0.25) is 0 Å². The molecular formula is C18H23F3N2O5S. The number of aliphatic imine (C=N–C) groups is 1. The number of alkyl halides is 3. The van der Waals surface area contributed by atoms with Crippen molar-refractivity contribution in [2.45, 2.75) is 54.4 Å². The van der Waals surface area contributed by atoms with E-state index in [1.165, 1.54) is 7.11 Å². The van der Waals surface area contributed by atoms with Crippen LogP contribution in [0.1, 0.15) is 12.0 Å². The highest BCUT2D eigenvalue weighted by Gasteiger charge is 2.65. The fourth-order valence-corrected chi connectivity index (χ4v) is 4.51. The minimum Gasteiger partial charge on any atom is -0.497 e. The highest BCUT2D eigenvalue weighted by Crippen LogP contribution is 2.45. The molecule has 0 amide bonds. The average Bonchev–Trinajstić information content (AvgIpc) is 3.12. The fraction of sp³-hybridized carbons (Fsp3) is 0.611. The largest absolute Gasteiger partial charge is 0.497 e. The smallest absolute Gasteiger partial charge is 0.419 e. The first-order valence-corrected chi connectivity index (χ1v) is 9.84. The quantitative estimate of drug-likeness (QED) is 0.547. The van der Waals surface area contributed by atoms with E-state index in [1.807, 2.05) is 0 Å². The third-order valence-corrected chi connectivity index (χ3v) is 6.35. The Morgan fingerprint density at radius 2 is 1.86 bits per heavy atom. The van der Waals surface area contributed by atoms with Crippen LogP contribution in [0.3, 0.4) is 0 Å². The highest BCUT2D eigenvalue weighted by molar-refractivity contribution is 8.14. The number of thioether (sulfide) groups is 1. The summed E-state index contributed by atoms with van der Waals surface area (Å²) in [6.45, 7) is 0. The molecule has 1 saturated heterocycles. The minimum absolute atomic E-state index is 0.123. The number of aryl methyl sites for hydroxylation is 1. The van der Waals surface area contributed by atoms with Gasteiger partial charge in [-0.2, -0.15) is 13.2 Å². The van der Waals surface area contributed by atoms with Crippen molar-refractivity contribution >= 4 is 16.9 Å². The molecule has 5 unspecified atom stereocenters. The summed E-state index contributed by atoms with van der Waals surface area (Å²) in [5.41, 5.74) is -3.76. The predicted octanol–water partition coefficient (Wildman–Crippen LogP) is 1.06. The van der Waals surface area contributed by atoms with Crippen LogP contribution >= 0.6 is 11.8 Å². The number of hydrogen-bond donors (Lipinski definition) is 4. The molecule has 2 heterocycles. The number of nitrogens with one attached hydrogen (secondary N) is 1. The van der Waals surface area contributed by atoms with E-state index in [1.54, 1.807) is 31.3 Å². The molecule has 3 rings (SSSR count). The van der Waals surface area contributed by atoms with Gasteiger partial charge in [0.2, 0.25) is 0 Å². The first kappa shape index (κ1) is 22.2. The van der Waals surface area contributed by atoms with Gasteiger partial charge in [-0.25, -0.2) is 0 Å². The van der Waals surface area contributed by atoms with Gasteiger partial charge in [-0.1, -0.05) is 23.9 Å². The summed E-state index contributed by atoms with van der Waals surface area (Å²) in [7, 11) is 3.05. The Morgan fingerprint density at radius 1 is 1.21 bits per heavy atom. The van der Waals surface area contributed by atoms with Gasteiger partial charge in [-0.3, -0.25) is 4.99 Å². The zero-order valence-electron chi connectivity index (χ0n) is 15.8. The van der Waals surface area contributed by atoms with Crippen molar-refractivity contribution in [3.8, 4) is 5.75 Å². The standard InChI is InChI=1S/C18H23F3N2O5S/c1-22-16-23-11-12(24)13(25)14(28-15(11)29-16)17(26,18(19,20)21)8-7-9-3-5-10(27-2)6-4-9/h3-6,11-15,24-26H,7-8H2,1-2H3,(H,22,23)/t11?,12?,13?,14?,15?,17-/m0/s1. The van der Waals surface area contributed by atoms with Gasteiger partial charge >= 0.3 is 6.18 Å². The highest BCUT2D eigenvalue weighted by atomic mass is 32.2. The van der Waals surface area contributed by atoms with Crippen LogP contribution in [-0.4, -0.2) is 76.2 Å². The molecule has 11 heteroatoms. The number of rotatable bonds is 5. The van der Waals surface area contributed by atoms with E-state index in [0.717, 1.165) is 11.8 Å². The summed E-state index contributed by atoms with van der Waals surface area (Å²) in [6, 6.07) is 5.48. The molecular weight excluding hydrogens is 413 g/mol. The Kier molecular flexibility index (Phi) is 6.35. The van der Waals surface area contributed by atoms with Crippen LogP contribution in [0.15, 0.2) is 29.3 Å². The average molecular weight is 436 g/mol. The maximum atomic E-state index is 13.9. The Morgan fingerprint density at radius 3 is 2.41 bits per heavy atom. The molecule has 29 heavy (non-hydrogen) atoms. The van der Waals surface area contributed by atoms with Crippen molar-refractivity contribution in [2.24, 2.45) is 4.99 Å². The van der Waals surface area contributed by atoms with E-state index in [4.69, 9.17) is 9.47 Å². The van der Waals surface area contributed by atoms with Crippen LogP contribution in [-0.2, 0) is 11.2 Å². The Balaban J connectivity index is 1.82. The molecule has 0 saturated carbocycles. The molecule has 7 nitrogen and oxygen atoms in total. The number of methoxy groups -OCH3 is 1. The van der Waals surface area contributed by atoms with Crippen LogP contribution < -0.4 is 10.1 Å². The monoisotopic (exact) mass is 436 g/mol. The van der Waals surface area contributed by atoms with Crippen molar-refractivity contribution in [3.63, 3.8) is 0 Å². The lowest BCUT2D eigenvalue weighted by molar-refractivity contribution is -0.326. The van der Waals surface area contributed by atoms with Crippen LogP contribution in [0.4, 0.5) is 13.2 Å². The molecule has 6 atom stereocenters. The van der Waals surface area contributed by atoms with E-state index in [9.17, 15) is 28.5 Å². The zero-order chi connectivity index (χ0) is 21.4. The van der Waals surface area contributed by atoms with E-state index < -0.39 is 48.0 Å². The van der Waals surface area contributed by atoms with Crippen molar-refractivity contribution < 1.29 is 38.0 Å². The number of aliphatic hydroxyl groups excluding tert-OH is 2.